The highest BCUT2D eigenvalue weighted by Gasteiger charge is 2.20. The molecule has 1 amide bonds. The highest BCUT2D eigenvalue weighted by Crippen LogP contribution is 2.26. The Morgan fingerprint density at radius 1 is 1.22 bits per heavy atom. The number of nitrogens with zero attached hydrogens (tertiary/aromatic N) is 1. The molecule has 1 aromatic heterocycles. The lowest BCUT2D eigenvalue weighted by Gasteiger charge is -2.12. The first-order valence-corrected chi connectivity index (χ1v) is 7.48. The van der Waals surface area contributed by atoms with Crippen molar-refractivity contribution >= 4 is 35.1 Å². The number of esters is 1. The molecule has 1 unspecified atom stereocenters. The molecule has 120 valence electrons. The quantitative estimate of drug-likeness (QED) is 0.856. The molecule has 0 spiro atoms. The largest absolute Gasteiger partial charge is 0.467 e. The van der Waals surface area contributed by atoms with Gasteiger partial charge in [0.15, 0.2) is 0 Å². The second kappa shape index (κ2) is 7.44. The Kier molecular flexibility index (Phi) is 5.58. The third kappa shape index (κ3) is 4.21. The number of aromatic nitrogens is 1. The van der Waals surface area contributed by atoms with Crippen LogP contribution < -0.4 is 5.32 Å². The molecule has 1 heterocycles. The Bertz CT molecular complexity index is 750. The van der Waals surface area contributed by atoms with Crippen LogP contribution in [-0.2, 0) is 9.53 Å². The van der Waals surface area contributed by atoms with Gasteiger partial charge in [-0.05, 0) is 30.7 Å². The maximum absolute atomic E-state index is 12.1. The van der Waals surface area contributed by atoms with Crippen molar-refractivity contribution in [2.24, 2.45) is 0 Å². The number of amides is 1. The molecule has 2 rings (SSSR count). The van der Waals surface area contributed by atoms with Crippen molar-refractivity contribution < 1.29 is 14.3 Å². The molecule has 0 saturated heterocycles. The van der Waals surface area contributed by atoms with E-state index in [0.717, 1.165) is 11.1 Å². The van der Waals surface area contributed by atoms with Gasteiger partial charge in [0, 0.05) is 16.8 Å². The second-order valence-corrected chi connectivity index (χ2v) is 5.63. The minimum absolute atomic E-state index is 0.0354. The molecule has 7 heteroatoms. The monoisotopic (exact) mass is 352 g/mol. The second-order valence-electron chi connectivity index (χ2n) is 4.78. The summed E-state index contributed by atoms with van der Waals surface area (Å²) < 4.78 is 4.55. The van der Waals surface area contributed by atoms with Crippen molar-refractivity contribution in [2.45, 2.75) is 13.0 Å². The number of halogens is 2. The fraction of sp³-hybridized carbons (Fsp3) is 0.188. The number of benzene rings is 1. The van der Waals surface area contributed by atoms with Crippen molar-refractivity contribution in [1.82, 2.24) is 10.3 Å². The van der Waals surface area contributed by atoms with Gasteiger partial charge in [0.2, 0.25) is 0 Å². The van der Waals surface area contributed by atoms with Crippen LogP contribution in [0.5, 0.6) is 0 Å². The topological polar surface area (TPSA) is 68.3 Å². The van der Waals surface area contributed by atoms with Crippen LogP contribution in [0.3, 0.4) is 0 Å². The van der Waals surface area contributed by atoms with Crippen LogP contribution in [0.25, 0.3) is 11.1 Å². The number of nitrogens with one attached hydrogen (secondary N) is 1. The lowest BCUT2D eigenvalue weighted by Crippen LogP contribution is -2.39. The summed E-state index contributed by atoms with van der Waals surface area (Å²) in [7, 11) is 1.25. The number of pyridine rings is 1. The van der Waals surface area contributed by atoms with Crippen LogP contribution in [0.4, 0.5) is 0 Å². The Labute approximate surface area is 143 Å². The molecule has 2 aromatic rings. The zero-order valence-corrected chi connectivity index (χ0v) is 14.0. The molecule has 1 N–H and O–H groups in total. The number of carbonyl (C=O) groups is 2. The van der Waals surface area contributed by atoms with Crippen LogP contribution in [0, 0.1) is 0 Å². The summed E-state index contributed by atoms with van der Waals surface area (Å²) >= 11 is 12.1. The van der Waals surface area contributed by atoms with Gasteiger partial charge >= 0.3 is 5.97 Å². The van der Waals surface area contributed by atoms with Crippen LogP contribution in [-0.4, -0.2) is 30.0 Å². The van der Waals surface area contributed by atoms with E-state index in [1.807, 2.05) is 12.1 Å². The number of rotatable bonds is 4. The van der Waals surface area contributed by atoms with E-state index in [0.29, 0.717) is 5.02 Å². The summed E-state index contributed by atoms with van der Waals surface area (Å²) in [5.74, 6) is -1.10. The maximum atomic E-state index is 12.1. The van der Waals surface area contributed by atoms with E-state index in [-0.39, 0.29) is 10.7 Å². The number of ether oxygens (including phenoxy) is 1. The van der Waals surface area contributed by atoms with Crippen molar-refractivity contribution in [3.63, 3.8) is 0 Å². The summed E-state index contributed by atoms with van der Waals surface area (Å²) in [6.45, 7) is 1.51. The molecule has 0 aliphatic rings. The minimum atomic E-state index is -0.794. The molecular weight excluding hydrogens is 339 g/mol. The summed E-state index contributed by atoms with van der Waals surface area (Å²) in [4.78, 5) is 27.5. The Hall–Kier alpha value is -2.11. The normalized spacial score (nSPS) is 11.7. The van der Waals surface area contributed by atoms with E-state index < -0.39 is 17.9 Å². The highest BCUT2D eigenvalue weighted by atomic mass is 35.5. The maximum Gasteiger partial charge on any atom is 0.328 e. The van der Waals surface area contributed by atoms with E-state index in [1.165, 1.54) is 20.2 Å². The van der Waals surface area contributed by atoms with Crippen molar-refractivity contribution in [2.75, 3.05) is 7.11 Å². The summed E-state index contributed by atoms with van der Waals surface area (Å²) in [6.07, 6.45) is 1.52. The van der Waals surface area contributed by atoms with Gasteiger partial charge in [-0.25, -0.2) is 9.78 Å². The van der Waals surface area contributed by atoms with Gasteiger partial charge < -0.3 is 10.1 Å². The first-order valence-electron chi connectivity index (χ1n) is 6.72. The molecule has 0 radical (unpaired) electrons. The number of hydrogen-bond acceptors (Lipinski definition) is 4. The Balaban J connectivity index is 2.22. The highest BCUT2D eigenvalue weighted by molar-refractivity contribution is 6.34. The fourth-order valence-electron chi connectivity index (χ4n) is 1.93. The van der Waals surface area contributed by atoms with E-state index >= 15 is 0 Å². The summed E-state index contributed by atoms with van der Waals surface area (Å²) in [6, 6.07) is 8.03. The zero-order valence-electron chi connectivity index (χ0n) is 12.5. The smallest absolute Gasteiger partial charge is 0.328 e. The molecule has 0 bridgehead atoms. The third-order valence-electron chi connectivity index (χ3n) is 3.12. The molecule has 0 aliphatic carbocycles. The van der Waals surface area contributed by atoms with Gasteiger partial charge in [-0.3, -0.25) is 4.79 Å². The third-order valence-corrected chi connectivity index (χ3v) is 3.64. The number of hydrogen-bond donors (Lipinski definition) is 1. The van der Waals surface area contributed by atoms with Crippen molar-refractivity contribution in [1.29, 1.82) is 0 Å². The summed E-state index contributed by atoms with van der Waals surface area (Å²) in [5, 5.41) is 3.24. The Morgan fingerprint density at radius 2 is 1.96 bits per heavy atom. The molecule has 0 fully saturated rings. The predicted octanol–water partition coefficient (Wildman–Crippen LogP) is 3.35. The average Bonchev–Trinajstić information content (AvgIpc) is 2.53. The van der Waals surface area contributed by atoms with Crippen LogP contribution in [0.2, 0.25) is 10.0 Å². The van der Waals surface area contributed by atoms with E-state index in [2.05, 4.69) is 15.0 Å². The average molecular weight is 353 g/mol. The zero-order chi connectivity index (χ0) is 17.0. The first kappa shape index (κ1) is 17.2. The lowest BCUT2D eigenvalue weighted by molar-refractivity contribution is -0.142. The lowest BCUT2D eigenvalue weighted by atomic mass is 10.1. The molecule has 0 saturated carbocycles. The van der Waals surface area contributed by atoms with E-state index in [1.54, 1.807) is 18.2 Å². The van der Waals surface area contributed by atoms with Crippen molar-refractivity contribution in [3.05, 3.63) is 52.3 Å². The van der Waals surface area contributed by atoms with Crippen LogP contribution >= 0.6 is 23.2 Å². The van der Waals surface area contributed by atoms with E-state index in [9.17, 15) is 9.59 Å². The molecule has 5 nitrogen and oxygen atoms in total. The number of methoxy groups -OCH3 is 1. The standard InChI is InChI=1S/C16H14Cl2N2O3/c1-9(16(22)23-2)20-15(21)14-13(18)7-11(8-19-14)10-4-3-5-12(17)6-10/h3-9H,1-2H3,(H,20,21). The number of carbonyl (C=O) groups excluding carboxylic acids is 2. The van der Waals surface area contributed by atoms with Gasteiger partial charge in [0.05, 0.1) is 12.1 Å². The van der Waals surface area contributed by atoms with Gasteiger partial charge in [0.1, 0.15) is 11.7 Å². The van der Waals surface area contributed by atoms with Gasteiger partial charge in [0.25, 0.3) is 5.91 Å². The van der Waals surface area contributed by atoms with Gasteiger partial charge in [-0.2, -0.15) is 0 Å². The van der Waals surface area contributed by atoms with E-state index in [4.69, 9.17) is 23.2 Å². The first-order chi connectivity index (χ1) is 10.9. The van der Waals surface area contributed by atoms with Gasteiger partial charge in [-0.15, -0.1) is 0 Å². The summed E-state index contributed by atoms with van der Waals surface area (Å²) in [5.41, 5.74) is 1.60. The minimum Gasteiger partial charge on any atom is -0.467 e. The van der Waals surface area contributed by atoms with Gasteiger partial charge in [-0.1, -0.05) is 35.3 Å². The van der Waals surface area contributed by atoms with Crippen LogP contribution in [0.15, 0.2) is 36.5 Å². The molecule has 0 aliphatic heterocycles. The predicted molar refractivity (Wildman–Crippen MR) is 88.6 cm³/mol. The van der Waals surface area contributed by atoms with Crippen LogP contribution in [0.1, 0.15) is 17.4 Å². The molecular formula is C16H14Cl2N2O3. The Morgan fingerprint density at radius 3 is 2.57 bits per heavy atom. The van der Waals surface area contributed by atoms with Crippen molar-refractivity contribution in [3.8, 4) is 11.1 Å². The molecule has 1 atom stereocenters. The SMILES string of the molecule is COC(=O)C(C)NC(=O)c1ncc(-c2cccc(Cl)c2)cc1Cl. The molecule has 1 aromatic carbocycles. The molecule has 23 heavy (non-hydrogen) atoms. The fourth-order valence-corrected chi connectivity index (χ4v) is 2.37.